The van der Waals surface area contributed by atoms with Gasteiger partial charge in [0.25, 0.3) is 0 Å². The van der Waals surface area contributed by atoms with Gasteiger partial charge in [0, 0.05) is 12.2 Å². The number of thiol groups is 1. The zero-order valence-electron chi connectivity index (χ0n) is 2.81. The van der Waals surface area contributed by atoms with E-state index in [4.69, 9.17) is 5.26 Å². The van der Waals surface area contributed by atoms with E-state index in [9.17, 15) is 0 Å². The van der Waals surface area contributed by atoms with Crippen molar-refractivity contribution in [3.05, 3.63) is 0 Å². The molecule has 0 aliphatic heterocycles. The molecule has 0 aliphatic carbocycles. The molecule has 2 heteroatoms. The molecule has 0 rings (SSSR count). The van der Waals surface area contributed by atoms with Crippen LogP contribution >= 0.6 is 12.6 Å². The van der Waals surface area contributed by atoms with E-state index in [0.29, 0.717) is 12.2 Å². The lowest BCUT2D eigenvalue weighted by Gasteiger charge is -1.65. The molecule has 0 aromatic carbocycles. The molecule has 1 nitrogen and oxygen atoms in total. The molecule has 0 aromatic rings. The molecular weight excluding hydrogens is 82.1 g/mol. The van der Waals surface area contributed by atoms with Gasteiger partial charge in [-0.3, -0.25) is 0 Å². The minimum atomic E-state index is 0.559. The smallest absolute Gasteiger partial charge is 0.0630 e. The molecule has 0 saturated carbocycles. The summed E-state index contributed by atoms with van der Waals surface area (Å²) in [5.74, 6) is 0.677. The summed E-state index contributed by atoms with van der Waals surface area (Å²) in [6.07, 6.45) is 0.559. The number of nitrogens with zero attached hydrogens (tertiary/aromatic N) is 1. The van der Waals surface area contributed by atoms with E-state index >= 15 is 0 Å². The fourth-order valence-electron chi connectivity index (χ4n) is 0.0500. The van der Waals surface area contributed by atoms with Crippen molar-refractivity contribution in [3.63, 3.8) is 0 Å². The Morgan fingerprint density at radius 3 is 2.40 bits per heavy atom. The van der Waals surface area contributed by atoms with Gasteiger partial charge < -0.3 is 0 Å². The molecule has 0 aromatic heterocycles. The van der Waals surface area contributed by atoms with Crippen molar-refractivity contribution in [2.75, 3.05) is 5.75 Å². The molecule has 0 fully saturated rings. The minimum absolute atomic E-state index is 0.559. The monoisotopic (exact) mass is 87.0 g/mol. The first kappa shape index (κ1) is 4.84. The average Bonchev–Trinajstić information content (AvgIpc) is 1.41. The molecular formula is C3H5NS. The zero-order valence-corrected chi connectivity index (χ0v) is 3.70. The van der Waals surface area contributed by atoms with E-state index in [0.717, 1.165) is 0 Å². The largest absolute Gasteiger partial charge is 0.198 e. The van der Waals surface area contributed by atoms with E-state index in [2.05, 4.69) is 12.6 Å². The van der Waals surface area contributed by atoms with Crippen molar-refractivity contribution in [3.8, 4) is 6.07 Å². The lowest BCUT2D eigenvalue weighted by Crippen LogP contribution is -1.61. The number of hydrogen-bond acceptors (Lipinski definition) is 2. The maximum absolute atomic E-state index is 7.77. The maximum Gasteiger partial charge on any atom is 0.0630 e. The highest BCUT2D eigenvalue weighted by Crippen LogP contribution is 1.75. The first-order valence-electron chi connectivity index (χ1n) is 1.39. The molecule has 0 amide bonds. The Morgan fingerprint density at radius 2 is 2.40 bits per heavy atom. The van der Waals surface area contributed by atoms with Gasteiger partial charge in [0.15, 0.2) is 0 Å². The highest BCUT2D eigenvalue weighted by atomic mass is 32.1. The molecule has 0 bridgehead atoms. The molecule has 5 heavy (non-hydrogen) atoms. The van der Waals surface area contributed by atoms with Crippen LogP contribution in [0.1, 0.15) is 6.42 Å². The summed E-state index contributed by atoms with van der Waals surface area (Å²) in [5, 5.41) is 7.77. The van der Waals surface area contributed by atoms with Gasteiger partial charge in [0.05, 0.1) is 6.07 Å². The summed E-state index contributed by atoms with van der Waals surface area (Å²) in [5.41, 5.74) is 0. The van der Waals surface area contributed by atoms with Gasteiger partial charge >= 0.3 is 0 Å². The number of rotatable bonds is 1. The Bertz CT molecular complexity index is 45.3. The molecule has 28 valence electrons. The summed E-state index contributed by atoms with van der Waals surface area (Å²) in [7, 11) is 0. The van der Waals surface area contributed by atoms with Crippen LogP contribution in [0.15, 0.2) is 0 Å². The van der Waals surface area contributed by atoms with E-state index in [1.807, 2.05) is 6.07 Å². The zero-order chi connectivity index (χ0) is 4.12. The molecule has 0 spiro atoms. The molecule has 0 N–H and O–H groups in total. The summed E-state index contributed by atoms with van der Waals surface area (Å²) in [4.78, 5) is 0. The van der Waals surface area contributed by atoms with E-state index in [1.54, 1.807) is 0 Å². The van der Waals surface area contributed by atoms with Gasteiger partial charge in [0.1, 0.15) is 0 Å². The van der Waals surface area contributed by atoms with Crippen molar-refractivity contribution < 1.29 is 0 Å². The fraction of sp³-hybridized carbons (Fsp3) is 0.667. The summed E-state index contributed by atoms with van der Waals surface area (Å²) >= 11 is 3.78. The first-order valence-corrected chi connectivity index (χ1v) is 2.03. The van der Waals surface area contributed by atoms with Crippen molar-refractivity contribution in [1.82, 2.24) is 0 Å². The number of hydrogen-bond donors (Lipinski definition) is 1. The van der Waals surface area contributed by atoms with E-state index < -0.39 is 0 Å². The maximum atomic E-state index is 7.77. The predicted molar refractivity (Wildman–Crippen MR) is 24.1 cm³/mol. The second-order valence-corrected chi connectivity index (χ2v) is 1.08. The van der Waals surface area contributed by atoms with Crippen molar-refractivity contribution in [2.24, 2.45) is 0 Å². The highest BCUT2D eigenvalue weighted by Gasteiger charge is 1.66. The van der Waals surface area contributed by atoms with Crippen LogP contribution in [-0.4, -0.2) is 5.75 Å². The van der Waals surface area contributed by atoms with Gasteiger partial charge in [-0.1, -0.05) is 0 Å². The van der Waals surface area contributed by atoms with Crippen LogP contribution in [0.25, 0.3) is 0 Å². The third kappa shape index (κ3) is 3.84. The second-order valence-electron chi connectivity index (χ2n) is 0.632. The Balaban J connectivity index is 2.48. The van der Waals surface area contributed by atoms with Crippen LogP contribution in [0.3, 0.4) is 0 Å². The normalized spacial score (nSPS) is 6.40. The lowest BCUT2D eigenvalue weighted by atomic mass is 10.6. The van der Waals surface area contributed by atoms with Crippen LogP contribution in [0, 0.1) is 11.3 Å². The van der Waals surface area contributed by atoms with Crippen molar-refractivity contribution in [2.45, 2.75) is 6.42 Å². The highest BCUT2D eigenvalue weighted by molar-refractivity contribution is 7.80. The SMILES string of the molecule is N#CCCS. The standard InChI is InChI=1S/C3H5NS/c4-2-1-3-5/h5H,1,3H2. The Kier molecular flexibility index (Phi) is 3.72. The first-order chi connectivity index (χ1) is 2.41. The second kappa shape index (κ2) is 3.84. The van der Waals surface area contributed by atoms with Crippen LogP contribution < -0.4 is 0 Å². The summed E-state index contributed by atoms with van der Waals surface area (Å²) in [6, 6.07) is 1.94. The molecule has 0 aliphatic rings. The van der Waals surface area contributed by atoms with Crippen LogP contribution in [0.2, 0.25) is 0 Å². The quantitative estimate of drug-likeness (QED) is 0.470. The summed E-state index contributed by atoms with van der Waals surface area (Å²) < 4.78 is 0. The van der Waals surface area contributed by atoms with Crippen LogP contribution in [0.4, 0.5) is 0 Å². The van der Waals surface area contributed by atoms with E-state index in [-0.39, 0.29) is 0 Å². The third-order valence-electron chi connectivity index (χ3n) is 0.224. The average molecular weight is 87.1 g/mol. The lowest BCUT2D eigenvalue weighted by molar-refractivity contribution is 1.25. The fourth-order valence-corrected chi connectivity index (χ4v) is 0.150. The van der Waals surface area contributed by atoms with Gasteiger partial charge in [-0.25, -0.2) is 0 Å². The van der Waals surface area contributed by atoms with Crippen LogP contribution in [0.5, 0.6) is 0 Å². The van der Waals surface area contributed by atoms with Gasteiger partial charge in [-0.2, -0.15) is 17.9 Å². The molecule has 0 unspecified atom stereocenters. The molecule has 0 atom stereocenters. The number of nitriles is 1. The predicted octanol–water partition coefficient (Wildman–Crippen LogP) is 0.830. The molecule has 0 saturated heterocycles. The van der Waals surface area contributed by atoms with Crippen LogP contribution in [-0.2, 0) is 0 Å². The molecule has 0 heterocycles. The topological polar surface area (TPSA) is 23.8 Å². The summed E-state index contributed by atoms with van der Waals surface area (Å²) in [6.45, 7) is 0. The third-order valence-corrected chi connectivity index (χ3v) is 0.447. The van der Waals surface area contributed by atoms with Crippen molar-refractivity contribution >= 4 is 12.6 Å². The van der Waals surface area contributed by atoms with E-state index in [1.165, 1.54) is 0 Å². The Morgan fingerprint density at radius 1 is 1.80 bits per heavy atom. The van der Waals surface area contributed by atoms with Gasteiger partial charge in [0.2, 0.25) is 0 Å². The minimum Gasteiger partial charge on any atom is -0.198 e. The Labute approximate surface area is 37.0 Å². The molecule has 0 radical (unpaired) electrons. The Hall–Kier alpha value is -0.160. The van der Waals surface area contributed by atoms with Gasteiger partial charge in [-0.15, -0.1) is 0 Å². The van der Waals surface area contributed by atoms with Gasteiger partial charge in [-0.05, 0) is 0 Å². The van der Waals surface area contributed by atoms with Crippen molar-refractivity contribution in [1.29, 1.82) is 5.26 Å².